The van der Waals surface area contributed by atoms with Crippen molar-refractivity contribution in [1.29, 1.82) is 0 Å². The molecule has 2 aliphatic rings. The molecule has 0 aliphatic heterocycles. The Morgan fingerprint density at radius 1 is 0.391 bits per heavy atom. The second-order valence-electron chi connectivity index (χ2n) is 18.0. The summed E-state index contributed by atoms with van der Waals surface area (Å²) in [6, 6.07) is 82.9. The lowest BCUT2D eigenvalue weighted by molar-refractivity contribution is 0.660. The maximum Gasteiger partial charge on any atom is 0.136 e. The smallest absolute Gasteiger partial charge is 0.136 e. The van der Waals surface area contributed by atoms with Crippen LogP contribution in [0.25, 0.3) is 66.1 Å². The first-order valence-corrected chi connectivity index (χ1v) is 22.3. The van der Waals surface area contributed by atoms with Crippen LogP contribution in [-0.4, -0.2) is 0 Å². The Hall–Kier alpha value is -7.94. The number of hydrogen-bond donors (Lipinski definition) is 0. The van der Waals surface area contributed by atoms with Gasteiger partial charge in [-0.25, -0.2) is 0 Å². The highest BCUT2D eigenvalue weighted by Gasteiger charge is 2.46. The van der Waals surface area contributed by atoms with Gasteiger partial charge < -0.3 is 9.32 Å². The lowest BCUT2D eigenvalue weighted by Crippen LogP contribution is -2.28. The van der Waals surface area contributed by atoms with Gasteiger partial charge in [0.25, 0.3) is 0 Å². The lowest BCUT2D eigenvalue weighted by atomic mass is 9.67. The number of nitrogens with zero attached hydrogens (tertiary/aromatic N) is 1. The van der Waals surface area contributed by atoms with Crippen LogP contribution in [0.2, 0.25) is 0 Å². The van der Waals surface area contributed by atoms with Gasteiger partial charge in [0.1, 0.15) is 11.2 Å². The first-order valence-electron chi connectivity index (χ1n) is 22.3. The fourth-order valence-electron chi connectivity index (χ4n) is 11.5. The van der Waals surface area contributed by atoms with Gasteiger partial charge in [-0.1, -0.05) is 190 Å². The standard InChI is InChI=1S/C62H43NO/c1-61(2)52-28-16-14-26-47(52)49-32-30-45(38-54(49)61)63(56-34-35-57-60(59(56)40-18-6-3-7-19-40)51-36-41-20-12-13-21-42(41)37-58(51)64-57)46-31-33-50-48-27-15-17-29-53(48)62(55(50)39-46,43-22-8-4-9-23-43)44-24-10-5-11-25-44/h3-39H,1-2H3. The van der Waals surface area contributed by atoms with Gasteiger partial charge >= 0.3 is 0 Å². The van der Waals surface area contributed by atoms with Gasteiger partial charge in [0.05, 0.1) is 11.1 Å². The third-order valence-corrected chi connectivity index (χ3v) is 14.3. The van der Waals surface area contributed by atoms with E-state index < -0.39 is 5.41 Å². The first kappa shape index (κ1) is 36.7. The summed E-state index contributed by atoms with van der Waals surface area (Å²) in [6.07, 6.45) is 0. The van der Waals surface area contributed by atoms with Crippen molar-refractivity contribution >= 4 is 49.8 Å². The van der Waals surface area contributed by atoms with Crippen molar-refractivity contribution in [2.45, 2.75) is 24.7 Å². The number of benzene rings is 10. The van der Waals surface area contributed by atoms with Crippen molar-refractivity contribution in [3.63, 3.8) is 0 Å². The van der Waals surface area contributed by atoms with Crippen molar-refractivity contribution in [1.82, 2.24) is 0 Å². The minimum Gasteiger partial charge on any atom is -0.456 e. The van der Waals surface area contributed by atoms with Crippen molar-refractivity contribution in [3.05, 3.63) is 258 Å². The molecule has 2 heteroatoms. The van der Waals surface area contributed by atoms with Crippen LogP contribution >= 0.6 is 0 Å². The van der Waals surface area contributed by atoms with Crippen molar-refractivity contribution in [2.24, 2.45) is 0 Å². The molecule has 13 rings (SSSR count). The minimum absolute atomic E-state index is 0.184. The monoisotopic (exact) mass is 817 g/mol. The highest BCUT2D eigenvalue weighted by Crippen LogP contribution is 2.58. The first-order chi connectivity index (χ1) is 31.5. The second kappa shape index (κ2) is 13.8. The Kier molecular flexibility index (Phi) is 7.90. The van der Waals surface area contributed by atoms with E-state index in [9.17, 15) is 0 Å². The summed E-state index contributed by atoms with van der Waals surface area (Å²) in [5.41, 5.74) is 19.5. The summed E-state index contributed by atoms with van der Waals surface area (Å²) in [5, 5.41) is 4.57. The van der Waals surface area contributed by atoms with E-state index in [2.05, 4.69) is 243 Å². The molecule has 0 radical (unpaired) electrons. The van der Waals surface area contributed by atoms with Gasteiger partial charge in [-0.2, -0.15) is 0 Å². The van der Waals surface area contributed by atoms with Crippen LogP contribution in [0, 0.1) is 0 Å². The maximum absolute atomic E-state index is 6.80. The number of rotatable bonds is 6. The molecular weight excluding hydrogens is 775 g/mol. The molecule has 0 spiro atoms. The summed E-state index contributed by atoms with van der Waals surface area (Å²) in [5.74, 6) is 0. The molecule has 0 bridgehead atoms. The largest absolute Gasteiger partial charge is 0.456 e. The van der Waals surface area contributed by atoms with Crippen LogP contribution < -0.4 is 4.90 Å². The van der Waals surface area contributed by atoms with Gasteiger partial charge in [-0.3, -0.25) is 0 Å². The Balaban J connectivity index is 1.14. The highest BCUT2D eigenvalue weighted by atomic mass is 16.3. The molecule has 0 unspecified atom stereocenters. The fraction of sp³-hybridized carbons (Fsp3) is 0.0645. The third kappa shape index (κ3) is 5.14. The molecule has 0 amide bonds. The summed E-state index contributed by atoms with van der Waals surface area (Å²) >= 11 is 0. The molecule has 64 heavy (non-hydrogen) atoms. The fourth-order valence-corrected chi connectivity index (χ4v) is 11.5. The number of furan rings is 1. The minimum atomic E-state index is -0.550. The summed E-state index contributed by atoms with van der Waals surface area (Å²) < 4.78 is 6.80. The zero-order valence-corrected chi connectivity index (χ0v) is 35.7. The molecule has 10 aromatic carbocycles. The quantitative estimate of drug-likeness (QED) is 0.166. The van der Waals surface area contributed by atoms with Gasteiger partial charge in [0, 0.05) is 33.1 Å². The third-order valence-electron chi connectivity index (χ3n) is 14.3. The second-order valence-corrected chi connectivity index (χ2v) is 18.0. The Morgan fingerprint density at radius 3 is 1.58 bits per heavy atom. The maximum atomic E-state index is 6.80. The molecule has 0 N–H and O–H groups in total. The molecule has 0 fully saturated rings. The molecule has 2 aliphatic carbocycles. The molecule has 2 nitrogen and oxygen atoms in total. The van der Waals surface area contributed by atoms with Gasteiger partial charge in [-0.15, -0.1) is 0 Å². The molecular formula is C62H43NO. The highest BCUT2D eigenvalue weighted by molar-refractivity contribution is 6.18. The Labute approximate surface area is 373 Å². The van der Waals surface area contributed by atoms with E-state index in [1.807, 2.05) is 0 Å². The lowest BCUT2D eigenvalue weighted by Gasteiger charge is -2.35. The average Bonchev–Trinajstić information content (AvgIpc) is 3.94. The van der Waals surface area contributed by atoms with E-state index >= 15 is 0 Å². The summed E-state index contributed by atoms with van der Waals surface area (Å²) in [4.78, 5) is 2.52. The number of fused-ring (bicyclic) bond motifs is 10. The van der Waals surface area contributed by atoms with Gasteiger partial charge in [0.15, 0.2) is 0 Å². The van der Waals surface area contributed by atoms with E-state index in [1.165, 1.54) is 66.4 Å². The molecule has 0 atom stereocenters. The van der Waals surface area contributed by atoms with Crippen molar-refractivity contribution < 1.29 is 4.42 Å². The Morgan fingerprint density at radius 2 is 0.906 bits per heavy atom. The van der Waals surface area contributed by atoms with E-state index in [4.69, 9.17) is 4.42 Å². The zero-order chi connectivity index (χ0) is 42.6. The molecule has 0 saturated carbocycles. The zero-order valence-electron chi connectivity index (χ0n) is 35.7. The van der Waals surface area contributed by atoms with Gasteiger partial charge in [0.2, 0.25) is 0 Å². The van der Waals surface area contributed by atoms with Crippen molar-refractivity contribution in [3.8, 4) is 33.4 Å². The molecule has 302 valence electrons. The van der Waals surface area contributed by atoms with Crippen LogP contribution in [0.15, 0.2) is 229 Å². The van der Waals surface area contributed by atoms with E-state index in [0.717, 1.165) is 50.1 Å². The number of anilines is 3. The predicted molar refractivity (Wildman–Crippen MR) is 266 cm³/mol. The molecule has 1 heterocycles. The summed E-state index contributed by atoms with van der Waals surface area (Å²) in [7, 11) is 0. The topological polar surface area (TPSA) is 16.4 Å². The molecule has 1 aromatic heterocycles. The predicted octanol–water partition coefficient (Wildman–Crippen LogP) is 16.5. The number of hydrogen-bond acceptors (Lipinski definition) is 2. The van der Waals surface area contributed by atoms with E-state index in [-0.39, 0.29) is 5.41 Å². The Bertz CT molecular complexity index is 3600. The average molecular weight is 818 g/mol. The van der Waals surface area contributed by atoms with Crippen LogP contribution in [0.5, 0.6) is 0 Å². The van der Waals surface area contributed by atoms with Crippen LogP contribution in [0.1, 0.15) is 47.2 Å². The van der Waals surface area contributed by atoms with Crippen LogP contribution in [-0.2, 0) is 10.8 Å². The SMILES string of the molecule is CC1(C)c2ccccc2-c2ccc(N(c3ccc4c(c3)C(c3ccccc3)(c3ccccc3)c3ccccc3-4)c3ccc4oc5cc6ccccc6cc5c4c3-c3ccccc3)cc21. The van der Waals surface area contributed by atoms with E-state index in [1.54, 1.807) is 0 Å². The summed E-state index contributed by atoms with van der Waals surface area (Å²) in [6.45, 7) is 4.74. The van der Waals surface area contributed by atoms with Crippen LogP contribution in [0.3, 0.4) is 0 Å². The van der Waals surface area contributed by atoms with Gasteiger partial charge in [-0.05, 0) is 121 Å². The normalized spacial score (nSPS) is 14.0. The van der Waals surface area contributed by atoms with Crippen molar-refractivity contribution in [2.75, 3.05) is 4.90 Å². The van der Waals surface area contributed by atoms with E-state index in [0.29, 0.717) is 0 Å². The molecule has 11 aromatic rings. The molecule has 0 saturated heterocycles. The van der Waals surface area contributed by atoms with Crippen LogP contribution in [0.4, 0.5) is 17.1 Å².